The normalized spacial score (nSPS) is 18.1. The van der Waals surface area contributed by atoms with Gasteiger partial charge >= 0.3 is 0 Å². The molecule has 2 aliphatic heterocycles. The smallest absolute Gasteiger partial charge is 0.259 e. The number of piperidine rings is 1. The van der Waals surface area contributed by atoms with Gasteiger partial charge in [-0.05, 0) is 37.6 Å². The molecule has 1 aromatic heterocycles. The Kier molecular flexibility index (Phi) is 5.24. The number of hydrogen-bond donors (Lipinski definition) is 2. The summed E-state index contributed by atoms with van der Waals surface area (Å²) in [6, 6.07) is 11.1. The summed E-state index contributed by atoms with van der Waals surface area (Å²) < 4.78 is 5.40. The van der Waals surface area contributed by atoms with E-state index in [1.54, 1.807) is 25.3 Å². The summed E-state index contributed by atoms with van der Waals surface area (Å²) in [6.07, 6.45) is 1.90. The van der Waals surface area contributed by atoms with E-state index < -0.39 is 11.9 Å². The third kappa shape index (κ3) is 3.37. The lowest BCUT2D eigenvalue weighted by atomic mass is 10.0. The van der Waals surface area contributed by atoms with Gasteiger partial charge in [0.25, 0.3) is 11.8 Å². The molecule has 0 spiro atoms. The van der Waals surface area contributed by atoms with Crippen molar-refractivity contribution in [3.05, 3.63) is 65.4 Å². The molecule has 1 saturated heterocycles. The van der Waals surface area contributed by atoms with Crippen LogP contribution in [0, 0.1) is 0 Å². The Bertz CT molecular complexity index is 1370. The maximum absolute atomic E-state index is 13.2. The summed E-state index contributed by atoms with van der Waals surface area (Å²) >= 11 is 0. The number of benzene rings is 2. The molecule has 34 heavy (non-hydrogen) atoms. The van der Waals surface area contributed by atoms with E-state index >= 15 is 0 Å². The highest BCUT2D eigenvalue weighted by Crippen LogP contribution is 2.40. The summed E-state index contributed by atoms with van der Waals surface area (Å²) in [7, 11) is 1.58. The number of methoxy groups -OCH3 is 1. The van der Waals surface area contributed by atoms with Crippen LogP contribution in [0.2, 0.25) is 0 Å². The van der Waals surface area contributed by atoms with Gasteiger partial charge in [-0.15, -0.1) is 0 Å². The maximum atomic E-state index is 13.2. The fraction of sp³-hybridized carbons (Fsp3) is 0.240. The van der Waals surface area contributed by atoms with Gasteiger partial charge in [-0.25, -0.2) is 0 Å². The molecule has 3 heterocycles. The van der Waals surface area contributed by atoms with E-state index in [9.17, 15) is 19.2 Å². The highest BCUT2D eigenvalue weighted by atomic mass is 16.5. The predicted octanol–water partition coefficient (Wildman–Crippen LogP) is 2.50. The van der Waals surface area contributed by atoms with E-state index in [2.05, 4.69) is 15.6 Å². The number of pyridine rings is 1. The third-order valence-corrected chi connectivity index (χ3v) is 6.30. The van der Waals surface area contributed by atoms with Crippen molar-refractivity contribution in [2.75, 3.05) is 12.0 Å². The topological polar surface area (TPSA) is 118 Å². The highest BCUT2D eigenvalue weighted by molar-refractivity contribution is 6.28. The second kappa shape index (κ2) is 8.26. The number of para-hydroxylation sites is 1. The summed E-state index contributed by atoms with van der Waals surface area (Å²) in [5, 5.41) is 5.80. The number of anilines is 1. The largest absolute Gasteiger partial charge is 0.496 e. The van der Waals surface area contributed by atoms with Crippen molar-refractivity contribution in [2.45, 2.75) is 31.8 Å². The predicted molar refractivity (Wildman–Crippen MR) is 124 cm³/mol. The van der Waals surface area contributed by atoms with Crippen LogP contribution in [0.4, 0.5) is 5.69 Å². The van der Waals surface area contributed by atoms with Crippen LogP contribution >= 0.6 is 0 Å². The average Bonchev–Trinajstić information content (AvgIpc) is 3.12. The van der Waals surface area contributed by atoms with Crippen molar-refractivity contribution >= 4 is 40.2 Å². The molecule has 0 aliphatic carbocycles. The van der Waals surface area contributed by atoms with Gasteiger partial charge < -0.3 is 10.1 Å². The summed E-state index contributed by atoms with van der Waals surface area (Å²) in [6.45, 7) is 1.86. The lowest BCUT2D eigenvalue weighted by Crippen LogP contribution is -2.53. The summed E-state index contributed by atoms with van der Waals surface area (Å²) in [5.74, 6) is -0.892. The molecule has 9 nitrogen and oxygen atoms in total. The zero-order chi connectivity index (χ0) is 24.0. The minimum Gasteiger partial charge on any atom is -0.496 e. The van der Waals surface area contributed by atoms with E-state index in [0.717, 1.165) is 5.56 Å². The third-order valence-electron chi connectivity index (χ3n) is 6.30. The van der Waals surface area contributed by atoms with Crippen LogP contribution in [0.3, 0.4) is 0 Å². The van der Waals surface area contributed by atoms with E-state index in [0.29, 0.717) is 33.5 Å². The molecule has 1 fully saturated rings. The Morgan fingerprint density at radius 1 is 1.18 bits per heavy atom. The minimum atomic E-state index is -0.800. The Morgan fingerprint density at radius 3 is 2.74 bits per heavy atom. The fourth-order valence-corrected chi connectivity index (χ4v) is 4.67. The van der Waals surface area contributed by atoms with Crippen molar-refractivity contribution < 1.29 is 23.9 Å². The summed E-state index contributed by atoms with van der Waals surface area (Å²) in [4.78, 5) is 56.3. The highest BCUT2D eigenvalue weighted by Gasteiger charge is 2.41. The van der Waals surface area contributed by atoms with Gasteiger partial charge in [0.1, 0.15) is 11.8 Å². The van der Waals surface area contributed by atoms with Gasteiger partial charge in [-0.3, -0.25) is 34.4 Å². The molecule has 3 aromatic rings. The van der Waals surface area contributed by atoms with Gasteiger partial charge in [0.05, 0.1) is 35.5 Å². The second-order valence-electron chi connectivity index (χ2n) is 8.29. The van der Waals surface area contributed by atoms with Crippen molar-refractivity contribution in [1.82, 2.24) is 15.6 Å². The first-order valence-electron chi connectivity index (χ1n) is 10.9. The number of imide groups is 1. The van der Waals surface area contributed by atoms with Gasteiger partial charge in [-0.1, -0.05) is 18.2 Å². The van der Waals surface area contributed by atoms with Gasteiger partial charge in [-0.2, -0.15) is 0 Å². The minimum absolute atomic E-state index is 0.152. The molecular formula is C25H22N4O5. The fourth-order valence-electron chi connectivity index (χ4n) is 4.67. The second-order valence-corrected chi connectivity index (χ2v) is 8.29. The zero-order valence-corrected chi connectivity index (χ0v) is 18.6. The van der Waals surface area contributed by atoms with Crippen molar-refractivity contribution in [2.24, 2.45) is 0 Å². The molecule has 2 atom stereocenters. The van der Waals surface area contributed by atoms with Gasteiger partial charge in [0.15, 0.2) is 0 Å². The first-order valence-corrected chi connectivity index (χ1v) is 10.9. The molecule has 2 unspecified atom stereocenters. The van der Waals surface area contributed by atoms with Crippen molar-refractivity contribution in [3.63, 3.8) is 0 Å². The molecule has 5 rings (SSSR count). The molecule has 9 heteroatoms. The molecule has 0 radical (unpaired) electrons. The maximum Gasteiger partial charge on any atom is 0.259 e. The average molecular weight is 458 g/mol. The first kappa shape index (κ1) is 21.6. The van der Waals surface area contributed by atoms with Crippen LogP contribution in [0.15, 0.2) is 48.7 Å². The lowest BCUT2D eigenvalue weighted by molar-refractivity contribution is -0.134. The first-order chi connectivity index (χ1) is 16.4. The summed E-state index contributed by atoms with van der Waals surface area (Å²) in [5.41, 5.74) is 2.41. The standard InChI is InChI=1S/C25H22N4O5/c1-13(14-5-3-4-6-19(14)34-2)27-23(31)16-8-7-15-21-17(11-12-26-22(16)21)29(25(15)33)18-9-10-20(30)28-24(18)32/h3-8,11-13,18H,9-10H2,1-2H3,(H,27,31)(H,28,30,32). The van der Waals surface area contributed by atoms with Gasteiger partial charge in [0, 0.05) is 23.6 Å². The van der Waals surface area contributed by atoms with Crippen molar-refractivity contribution in [1.29, 1.82) is 0 Å². The Morgan fingerprint density at radius 2 is 1.97 bits per heavy atom. The lowest BCUT2D eigenvalue weighted by Gasteiger charge is -2.30. The molecular weight excluding hydrogens is 436 g/mol. The molecule has 2 N–H and O–H groups in total. The number of carbonyl (C=O) groups is 4. The number of ether oxygens (including phenoxy) is 1. The number of nitrogens with zero attached hydrogens (tertiary/aromatic N) is 2. The van der Waals surface area contributed by atoms with E-state index in [1.807, 2.05) is 31.2 Å². The number of rotatable bonds is 5. The Balaban J connectivity index is 1.50. The molecule has 2 aliphatic rings. The number of hydrogen-bond acceptors (Lipinski definition) is 6. The molecule has 4 amide bonds. The molecule has 172 valence electrons. The number of carbonyl (C=O) groups excluding carboxylic acids is 4. The van der Waals surface area contributed by atoms with E-state index in [-0.39, 0.29) is 36.6 Å². The molecule has 0 saturated carbocycles. The van der Waals surface area contributed by atoms with Crippen LogP contribution in [-0.2, 0) is 9.59 Å². The van der Waals surface area contributed by atoms with Crippen LogP contribution in [0.25, 0.3) is 10.9 Å². The van der Waals surface area contributed by atoms with Gasteiger partial charge in [0.2, 0.25) is 11.8 Å². The quantitative estimate of drug-likeness (QED) is 0.568. The number of aromatic nitrogens is 1. The van der Waals surface area contributed by atoms with Crippen LogP contribution in [0.5, 0.6) is 5.75 Å². The van der Waals surface area contributed by atoms with E-state index in [1.165, 1.54) is 11.1 Å². The van der Waals surface area contributed by atoms with Crippen LogP contribution in [0.1, 0.15) is 52.1 Å². The van der Waals surface area contributed by atoms with E-state index in [4.69, 9.17) is 4.74 Å². The monoisotopic (exact) mass is 458 g/mol. The molecule has 0 bridgehead atoms. The van der Waals surface area contributed by atoms with Crippen LogP contribution < -0.4 is 20.3 Å². The Hall–Kier alpha value is -4.27. The molecule has 2 aromatic carbocycles. The van der Waals surface area contributed by atoms with Crippen molar-refractivity contribution in [3.8, 4) is 5.75 Å². The zero-order valence-electron chi connectivity index (χ0n) is 18.6. The number of amides is 4. The Labute approximate surface area is 195 Å². The van der Waals surface area contributed by atoms with Crippen LogP contribution in [-0.4, -0.2) is 41.8 Å². The number of nitrogens with one attached hydrogen (secondary N) is 2. The SMILES string of the molecule is COc1ccccc1C(C)NC(=O)c1ccc2c3c(ccnc13)N(C1CCC(=O)NC1=O)C2=O.